The van der Waals surface area contributed by atoms with Crippen LogP contribution in [0.2, 0.25) is 0 Å². The van der Waals surface area contributed by atoms with E-state index in [1.165, 1.54) is 0 Å². The van der Waals surface area contributed by atoms with Crippen molar-refractivity contribution in [2.75, 3.05) is 20.2 Å². The van der Waals surface area contributed by atoms with Crippen LogP contribution >= 0.6 is 0 Å². The van der Waals surface area contributed by atoms with Gasteiger partial charge < -0.3 is 9.64 Å². The number of nitrogens with zero attached hydrogens (tertiary/aromatic N) is 3. The average Bonchev–Trinajstić information content (AvgIpc) is 3.15. The number of carbonyl (C=O) groups is 1. The first kappa shape index (κ1) is 18.7. The molecule has 140 valence electrons. The largest absolute Gasteiger partial charge is 0.493 e. The Bertz CT molecular complexity index is 874. The minimum atomic E-state index is 0.0819. The molecule has 0 saturated heterocycles. The second-order valence-electron chi connectivity index (χ2n) is 6.59. The third-order valence-electron chi connectivity index (χ3n) is 4.43. The lowest BCUT2D eigenvalue weighted by Crippen LogP contribution is -2.29. The van der Waals surface area contributed by atoms with Gasteiger partial charge in [-0.1, -0.05) is 36.4 Å². The molecule has 2 aromatic carbocycles. The van der Waals surface area contributed by atoms with Gasteiger partial charge in [0.05, 0.1) is 24.9 Å². The van der Waals surface area contributed by atoms with Crippen molar-refractivity contribution in [1.82, 2.24) is 14.7 Å². The van der Waals surface area contributed by atoms with Crippen LogP contribution in [0.5, 0.6) is 5.75 Å². The molecular weight excluding hydrogens is 338 g/mol. The highest BCUT2D eigenvalue weighted by Gasteiger charge is 2.11. The molecule has 0 unspecified atom stereocenters. The Morgan fingerprint density at radius 1 is 1.11 bits per heavy atom. The minimum absolute atomic E-state index is 0.0819. The molecule has 3 aromatic rings. The summed E-state index contributed by atoms with van der Waals surface area (Å²) >= 11 is 0. The Morgan fingerprint density at radius 3 is 2.63 bits per heavy atom. The van der Waals surface area contributed by atoms with Gasteiger partial charge in [0.15, 0.2) is 0 Å². The average molecular weight is 363 g/mol. The van der Waals surface area contributed by atoms with Gasteiger partial charge in [-0.15, -0.1) is 0 Å². The zero-order chi connectivity index (χ0) is 19.1. The van der Waals surface area contributed by atoms with Gasteiger partial charge in [-0.25, -0.2) is 4.68 Å². The van der Waals surface area contributed by atoms with Crippen molar-refractivity contribution >= 4 is 5.91 Å². The molecule has 1 heterocycles. The third-order valence-corrected chi connectivity index (χ3v) is 4.43. The van der Waals surface area contributed by atoms with Gasteiger partial charge in [0, 0.05) is 19.8 Å². The lowest BCUT2D eigenvalue weighted by Gasteiger charge is -2.17. The summed E-state index contributed by atoms with van der Waals surface area (Å²) in [4.78, 5) is 14.2. The summed E-state index contributed by atoms with van der Waals surface area (Å²) in [5.74, 6) is 0.985. The number of rotatable bonds is 8. The van der Waals surface area contributed by atoms with E-state index in [1.807, 2.05) is 74.8 Å². The van der Waals surface area contributed by atoms with Crippen LogP contribution in [0.25, 0.3) is 5.69 Å². The Labute approximate surface area is 160 Å². The molecule has 0 aliphatic carbocycles. The first-order valence-corrected chi connectivity index (χ1v) is 9.15. The van der Waals surface area contributed by atoms with Gasteiger partial charge in [0.2, 0.25) is 5.91 Å². The fourth-order valence-electron chi connectivity index (χ4n) is 2.81. The zero-order valence-electron chi connectivity index (χ0n) is 15.8. The molecule has 0 N–H and O–H groups in total. The molecule has 1 amide bonds. The normalized spacial score (nSPS) is 10.6. The molecule has 0 atom stereocenters. The lowest BCUT2D eigenvalue weighted by molar-refractivity contribution is -0.129. The van der Waals surface area contributed by atoms with E-state index >= 15 is 0 Å². The Kier molecular flexibility index (Phi) is 6.26. The lowest BCUT2D eigenvalue weighted by atomic mass is 10.2. The van der Waals surface area contributed by atoms with Crippen LogP contribution in [0, 0.1) is 6.92 Å². The topological polar surface area (TPSA) is 47.4 Å². The molecule has 0 saturated carbocycles. The molecule has 0 aliphatic rings. The Morgan fingerprint density at radius 2 is 1.85 bits per heavy atom. The number of hydrogen-bond donors (Lipinski definition) is 0. The van der Waals surface area contributed by atoms with Crippen molar-refractivity contribution in [2.24, 2.45) is 0 Å². The molecule has 5 heteroatoms. The van der Waals surface area contributed by atoms with Crippen molar-refractivity contribution in [1.29, 1.82) is 0 Å². The summed E-state index contributed by atoms with van der Waals surface area (Å²) in [7, 11) is 1.83. The smallest absolute Gasteiger partial charge is 0.226 e. The van der Waals surface area contributed by atoms with Gasteiger partial charge in [0.1, 0.15) is 5.75 Å². The Hall–Kier alpha value is -3.08. The number of para-hydroxylation sites is 2. The SMILES string of the molecule is Cc1ccccc1OCCCN(C)C(=O)Cc1cnn(-c2ccccc2)c1. The van der Waals surface area contributed by atoms with Crippen LogP contribution in [-0.2, 0) is 11.2 Å². The zero-order valence-corrected chi connectivity index (χ0v) is 15.8. The molecule has 0 fully saturated rings. The van der Waals surface area contributed by atoms with Crippen LogP contribution in [-0.4, -0.2) is 40.8 Å². The van der Waals surface area contributed by atoms with Crippen LogP contribution < -0.4 is 4.74 Å². The van der Waals surface area contributed by atoms with Gasteiger partial charge in [-0.05, 0) is 42.7 Å². The number of amides is 1. The van der Waals surface area contributed by atoms with Crippen molar-refractivity contribution < 1.29 is 9.53 Å². The van der Waals surface area contributed by atoms with Gasteiger partial charge in [0.25, 0.3) is 0 Å². The quantitative estimate of drug-likeness (QED) is 0.574. The van der Waals surface area contributed by atoms with Crippen LogP contribution in [0.1, 0.15) is 17.5 Å². The van der Waals surface area contributed by atoms with Crippen LogP contribution in [0.3, 0.4) is 0 Å². The number of likely N-dealkylation sites (N-methyl/N-ethyl adjacent to an activating group) is 1. The van der Waals surface area contributed by atoms with Crippen molar-refractivity contribution in [2.45, 2.75) is 19.8 Å². The maximum absolute atomic E-state index is 12.4. The Balaban J connectivity index is 1.44. The number of carbonyl (C=O) groups excluding carboxylic acids is 1. The molecule has 27 heavy (non-hydrogen) atoms. The van der Waals surface area contributed by atoms with Crippen molar-refractivity contribution in [3.05, 3.63) is 78.1 Å². The number of hydrogen-bond acceptors (Lipinski definition) is 3. The van der Waals surface area contributed by atoms with E-state index in [4.69, 9.17) is 4.74 Å². The number of aromatic nitrogens is 2. The molecule has 0 spiro atoms. The van der Waals surface area contributed by atoms with E-state index < -0.39 is 0 Å². The third kappa shape index (κ3) is 5.20. The molecule has 0 radical (unpaired) electrons. The van der Waals surface area contributed by atoms with Crippen LogP contribution in [0.15, 0.2) is 67.0 Å². The standard InChI is InChI=1S/C22H25N3O2/c1-18-9-6-7-12-21(18)27-14-8-13-24(2)22(26)15-19-16-23-25(17-19)20-10-4-3-5-11-20/h3-7,9-12,16-17H,8,13-15H2,1-2H3. The van der Waals surface area contributed by atoms with Crippen molar-refractivity contribution in [3.8, 4) is 11.4 Å². The summed E-state index contributed by atoms with van der Waals surface area (Å²) in [6.45, 7) is 3.28. The van der Waals surface area contributed by atoms with E-state index in [-0.39, 0.29) is 5.91 Å². The summed E-state index contributed by atoms with van der Waals surface area (Å²) in [5.41, 5.74) is 3.02. The fraction of sp³-hybridized carbons (Fsp3) is 0.273. The van der Waals surface area contributed by atoms with E-state index in [1.54, 1.807) is 15.8 Å². The fourth-order valence-corrected chi connectivity index (χ4v) is 2.81. The predicted octanol–water partition coefficient (Wildman–Crippen LogP) is 3.65. The van der Waals surface area contributed by atoms with E-state index in [0.717, 1.165) is 29.0 Å². The number of aryl methyl sites for hydroxylation is 1. The van der Waals surface area contributed by atoms with Crippen LogP contribution in [0.4, 0.5) is 0 Å². The summed E-state index contributed by atoms with van der Waals surface area (Å²) in [6.07, 6.45) is 4.80. The first-order valence-electron chi connectivity index (χ1n) is 9.15. The monoisotopic (exact) mass is 363 g/mol. The highest BCUT2D eigenvalue weighted by atomic mass is 16.5. The predicted molar refractivity (Wildman–Crippen MR) is 106 cm³/mol. The first-order chi connectivity index (χ1) is 13.1. The molecule has 0 aliphatic heterocycles. The summed E-state index contributed by atoms with van der Waals surface area (Å²) in [6, 6.07) is 17.8. The second-order valence-corrected chi connectivity index (χ2v) is 6.59. The number of benzene rings is 2. The highest BCUT2D eigenvalue weighted by molar-refractivity contribution is 5.78. The van der Waals surface area contributed by atoms with Crippen molar-refractivity contribution in [3.63, 3.8) is 0 Å². The highest BCUT2D eigenvalue weighted by Crippen LogP contribution is 2.16. The maximum Gasteiger partial charge on any atom is 0.226 e. The molecule has 1 aromatic heterocycles. The maximum atomic E-state index is 12.4. The number of ether oxygens (including phenoxy) is 1. The van der Waals surface area contributed by atoms with E-state index in [2.05, 4.69) is 5.10 Å². The molecule has 0 bridgehead atoms. The summed E-state index contributed by atoms with van der Waals surface area (Å²) in [5, 5.41) is 4.34. The van der Waals surface area contributed by atoms with Gasteiger partial charge >= 0.3 is 0 Å². The second kappa shape index (κ2) is 9.03. The summed E-state index contributed by atoms with van der Waals surface area (Å²) < 4.78 is 7.58. The molecule has 5 nitrogen and oxygen atoms in total. The van der Waals surface area contributed by atoms with Gasteiger partial charge in [-0.2, -0.15) is 5.10 Å². The molecular formula is C22H25N3O2. The van der Waals surface area contributed by atoms with E-state index in [0.29, 0.717) is 19.6 Å². The van der Waals surface area contributed by atoms with Gasteiger partial charge in [-0.3, -0.25) is 4.79 Å². The molecule has 3 rings (SSSR count). The minimum Gasteiger partial charge on any atom is -0.493 e. The van der Waals surface area contributed by atoms with E-state index in [9.17, 15) is 4.79 Å².